The fourth-order valence-electron chi connectivity index (χ4n) is 1.36. The van der Waals surface area contributed by atoms with Crippen molar-refractivity contribution in [2.75, 3.05) is 6.61 Å². The van der Waals surface area contributed by atoms with Crippen LogP contribution in [0.4, 0.5) is 0 Å². The number of aliphatic hydroxyl groups is 1. The topological polar surface area (TPSA) is 29.5 Å². The first-order chi connectivity index (χ1) is 7.24. The number of benzene rings is 1. The summed E-state index contributed by atoms with van der Waals surface area (Å²) >= 11 is 0. The monoisotopic (exact) mass is 205 g/mol. The molecule has 1 atom stereocenters. The molecule has 1 rings (SSSR count). The van der Waals surface area contributed by atoms with Crippen molar-refractivity contribution in [2.45, 2.75) is 19.1 Å². The minimum absolute atomic E-state index is 0.266. The molecule has 0 spiro atoms. The molecule has 81 valence electrons. The smallest absolute Gasteiger partial charge is 0.0774 e. The van der Waals surface area contributed by atoms with Crippen LogP contribution in [0.5, 0.6) is 0 Å². The van der Waals surface area contributed by atoms with E-state index in [9.17, 15) is 0 Å². The van der Waals surface area contributed by atoms with Gasteiger partial charge in [-0.2, -0.15) is 0 Å². The molecule has 2 nitrogen and oxygen atoms in total. The van der Waals surface area contributed by atoms with E-state index in [1.807, 2.05) is 24.3 Å². The third-order valence-corrected chi connectivity index (χ3v) is 2.05. The van der Waals surface area contributed by atoms with E-state index < -0.39 is 6.10 Å². The van der Waals surface area contributed by atoms with Crippen LogP contribution in [0, 0.1) is 6.92 Å². The quantitative estimate of drug-likeness (QED) is 0.721. The summed E-state index contributed by atoms with van der Waals surface area (Å²) in [5.41, 5.74) is 2.35. The first-order valence-electron chi connectivity index (χ1n) is 5.00. The van der Waals surface area contributed by atoms with Gasteiger partial charge in [0, 0.05) is 0 Å². The predicted octanol–water partition coefficient (Wildman–Crippen LogP) is 2.13. The second-order valence-corrected chi connectivity index (χ2v) is 3.43. The second kappa shape index (κ2) is 6.38. The summed E-state index contributed by atoms with van der Waals surface area (Å²) in [7, 11) is 0. The summed E-state index contributed by atoms with van der Waals surface area (Å²) in [6, 6.07) is 8.06. The van der Waals surface area contributed by atoms with Gasteiger partial charge < -0.3 is 9.84 Å². The molecule has 0 aliphatic rings. The van der Waals surface area contributed by atoms with E-state index in [1.54, 1.807) is 0 Å². The van der Waals surface area contributed by atoms with Crippen LogP contribution in [0.25, 0.3) is 0 Å². The Bertz CT molecular complexity index is 305. The highest BCUT2D eigenvalue weighted by atomic mass is 16.5. The summed E-state index contributed by atoms with van der Waals surface area (Å²) in [5, 5.41) is 8.95. The zero-order valence-corrected chi connectivity index (χ0v) is 8.86. The van der Waals surface area contributed by atoms with Crippen molar-refractivity contribution in [1.29, 1.82) is 0 Å². The number of allylic oxidation sites excluding steroid dienone is 1. The number of ether oxygens (including phenoxy) is 1. The van der Waals surface area contributed by atoms with E-state index in [-0.39, 0.29) is 6.61 Å². The van der Waals surface area contributed by atoms with Crippen LogP contribution in [-0.4, -0.2) is 17.8 Å². The lowest BCUT2D eigenvalue weighted by Gasteiger charge is -2.09. The molecule has 1 aromatic carbocycles. The Balaban J connectivity index is 2.55. The molecule has 1 unspecified atom stereocenters. The molecule has 1 radical (unpaired) electrons. The average Bonchev–Trinajstić information content (AvgIpc) is 2.20. The third kappa shape index (κ3) is 4.28. The fourth-order valence-corrected chi connectivity index (χ4v) is 1.36. The van der Waals surface area contributed by atoms with Crippen LogP contribution in [-0.2, 0) is 17.8 Å². The normalized spacial score (nSPS) is 12.4. The molecule has 1 aromatic rings. The van der Waals surface area contributed by atoms with Gasteiger partial charge in [0.25, 0.3) is 0 Å². The van der Waals surface area contributed by atoms with Crippen LogP contribution in [0.3, 0.4) is 0 Å². The Labute approximate surface area is 91.2 Å². The number of aliphatic hydroxyl groups excluding tert-OH is 1. The Hall–Kier alpha value is -1.12. The van der Waals surface area contributed by atoms with Crippen molar-refractivity contribution in [2.24, 2.45) is 0 Å². The zero-order valence-electron chi connectivity index (χ0n) is 8.86. The van der Waals surface area contributed by atoms with E-state index in [2.05, 4.69) is 19.6 Å². The van der Waals surface area contributed by atoms with E-state index in [4.69, 9.17) is 9.84 Å². The molecular formula is C13H17O2. The molecule has 0 heterocycles. The van der Waals surface area contributed by atoms with Gasteiger partial charge in [-0.05, 0) is 24.5 Å². The zero-order chi connectivity index (χ0) is 11.1. The summed E-state index contributed by atoms with van der Waals surface area (Å²) in [5.74, 6) is 0. The lowest BCUT2D eigenvalue weighted by atomic mass is 10.1. The first-order valence-corrected chi connectivity index (χ1v) is 5.00. The van der Waals surface area contributed by atoms with Gasteiger partial charge in [0.1, 0.15) is 0 Å². The predicted molar refractivity (Wildman–Crippen MR) is 61.4 cm³/mol. The second-order valence-electron chi connectivity index (χ2n) is 3.43. The van der Waals surface area contributed by atoms with Crippen LogP contribution >= 0.6 is 0 Å². The van der Waals surface area contributed by atoms with Gasteiger partial charge in [-0.1, -0.05) is 30.3 Å². The van der Waals surface area contributed by atoms with Crippen LogP contribution in [0.15, 0.2) is 36.9 Å². The largest absolute Gasteiger partial charge is 0.391 e. The Morgan fingerprint density at radius 1 is 1.33 bits per heavy atom. The van der Waals surface area contributed by atoms with E-state index in [0.29, 0.717) is 6.61 Å². The van der Waals surface area contributed by atoms with Gasteiger partial charge in [-0.3, -0.25) is 0 Å². The molecule has 0 aliphatic carbocycles. The minimum Gasteiger partial charge on any atom is -0.391 e. The standard InChI is InChI=1S/C13H17O2/c1-3-6-12-7-4-5-8-13(12)10-15-9-11(2)14/h3-5,7-8,11,14H,1-2,6,9-10H2. The molecule has 0 bridgehead atoms. The molecule has 1 N–H and O–H groups in total. The van der Waals surface area contributed by atoms with E-state index in [0.717, 1.165) is 12.0 Å². The highest BCUT2D eigenvalue weighted by Gasteiger charge is 2.01. The highest BCUT2D eigenvalue weighted by Crippen LogP contribution is 2.11. The van der Waals surface area contributed by atoms with Crippen molar-refractivity contribution < 1.29 is 9.84 Å². The lowest BCUT2D eigenvalue weighted by molar-refractivity contribution is 0.0489. The number of hydrogen-bond donors (Lipinski definition) is 1. The van der Waals surface area contributed by atoms with E-state index >= 15 is 0 Å². The molecule has 0 saturated carbocycles. The van der Waals surface area contributed by atoms with Crippen LogP contribution < -0.4 is 0 Å². The Morgan fingerprint density at radius 3 is 2.60 bits per heavy atom. The fraction of sp³-hybridized carbons (Fsp3) is 0.308. The molecular weight excluding hydrogens is 188 g/mol. The highest BCUT2D eigenvalue weighted by molar-refractivity contribution is 5.28. The Kier molecular flexibility index (Phi) is 5.08. The van der Waals surface area contributed by atoms with Crippen molar-refractivity contribution >= 4 is 0 Å². The summed E-state index contributed by atoms with van der Waals surface area (Å²) in [6.45, 7) is 7.93. The van der Waals surface area contributed by atoms with E-state index in [1.165, 1.54) is 5.56 Å². The maximum absolute atomic E-state index is 8.95. The van der Waals surface area contributed by atoms with Crippen molar-refractivity contribution in [3.63, 3.8) is 0 Å². The maximum atomic E-state index is 8.95. The van der Waals surface area contributed by atoms with Crippen molar-refractivity contribution in [3.8, 4) is 0 Å². The van der Waals surface area contributed by atoms with Crippen molar-refractivity contribution in [3.05, 3.63) is 55.0 Å². The number of rotatable bonds is 6. The molecule has 15 heavy (non-hydrogen) atoms. The van der Waals surface area contributed by atoms with Gasteiger partial charge >= 0.3 is 0 Å². The SMILES string of the molecule is [CH2]C(O)COCc1ccccc1CC=C. The van der Waals surface area contributed by atoms with Crippen LogP contribution in [0.1, 0.15) is 11.1 Å². The average molecular weight is 205 g/mol. The van der Waals surface area contributed by atoms with Gasteiger partial charge in [0.2, 0.25) is 0 Å². The summed E-state index contributed by atoms with van der Waals surface area (Å²) < 4.78 is 5.32. The molecule has 2 heteroatoms. The van der Waals surface area contributed by atoms with Gasteiger partial charge in [0.15, 0.2) is 0 Å². The maximum Gasteiger partial charge on any atom is 0.0774 e. The molecule has 0 fully saturated rings. The lowest BCUT2D eigenvalue weighted by Crippen LogP contribution is -2.11. The summed E-state index contributed by atoms with van der Waals surface area (Å²) in [4.78, 5) is 0. The van der Waals surface area contributed by atoms with Gasteiger partial charge in [0.05, 0.1) is 19.3 Å². The third-order valence-electron chi connectivity index (χ3n) is 2.05. The molecule has 0 aromatic heterocycles. The minimum atomic E-state index is -0.656. The number of hydrogen-bond acceptors (Lipinski definition) is 2. The first kappa shape index (κ1) is 12.0. The van der Waals surface area contributed by atoms with Crippen molar-refractivity contribution in [1.82, 2.24) is 0 Å². The molecule has 0 aliphatic heterocycles. The van der Waals surface area contributed by atoms with Gasteiger partial charge in [-0.15, -0.1) is 6.58 Å². The molecule has 0 amide bonds. The molecule has 0 saturated heterocycles. The van der Waals surface area contributed by atoms with Crippen LogP contribution in [0.2, 0.25) is 0 Å². The summed E-state index contributed by atoms with van der Waals surface area (Å²) in [6.07, 6.45) is 2.05. The Morgan fingerprint density at radius 2 is 2.00 bits per heavy atom. The van der Waals surface area contributed by atoms with Gasteiger partial charge in [-0.25, -0.2) is 0 Å².